The fraction of sp³-hybridized carbons (Fsp3) is 0.714. The van der Waals surface area contributed by atoms with Crippen LogP contribution in [0.2, 0.25) is 0 Å². The van der Waals surface area contributed by atoms with Gasteiger partial charge >= 0.3 is 0 Å². The summed E-state index contributed by atoms with van der Waals surface area (Å²) in [5, 5.41) is 1.26. The normalized spacial score (nSPS) is 24.3. The summed E-state index contributed by atoms with van der Waals surface area (Å²) in [6.45, 7) is 2.21. The Bertz CT molecular complexity index is 169. The van der Waals surface area contributed by atoms with Crippen LogP contribution in [0, 0.1) is 0 Å². The van der Waals surface area contributed by atoms with E-state index in [-0.39, 0.29) is 12.0 Å². The number of aldehydes is 1. The van der Waals surface area contributed by atoms with Crippen molar-refractivity contribution in [3.8, 4) is 0 Å². The van der Waals surface area contributed by atoms with Gasteiger partial charge in [-0.3, -0.25) is 9.63 Å². The summed E-state index contributed by atoms with van der Waals surface area (Å²) in [4.78, 5) is 26.0. The van der Waals surface area contributed by atoms with Crippen molar-refractivity contribution in [1.29, 1.82) is 0 Å². The summed E-state index contributed by atoms with van der Waals surface area (Å²) in [5.74, 6) is -0.0284. The van der Waals surface area contributed by atoms with Crippen molar-refractivity contribution in [2.45, 2.75) is 25.9 Å². The van der Waals surface area contributed by atoms with Gasteiger partial charge in [0.2, 0.25) is 5.91 Å². The minimum Gasteiger partial charge on any atom is -0.303 e. The molecular weight excluding hydrogens is 146 g/mol. The molecule has 0 aromatic rings. The van der Waals surface area contributed by atoms with E-state index in [9.17, 15) is 9.59 Å². The molecule has 4 nitrogen and oxygen atoms in total. The van der Waals surface area contributed by atoms with Gasteiger partial charge in [-0.1, -0.05) is 0 Å². The molecule has 0 aromatic carbocycles. The topological polar surface area (TPSA) is 46.6 Å². The molecule has 4 heteroatoms. The zero-order valence-corrected chi connectivity index (χ0v) is 6.45. The second-order valence-corrected chi connectivity index (χ2v) is 2.57. The van der Waals surface area contributed by atoms with Gasteiger partial charge in [-0.2, -0.15) is 0 Å². The van der Waals surface area contributed by atoms with Gasteiger partial charge < -0.3 is 4.79 Å². The van der Waals surface area contributed by atoms with E-state index in [1.54, 1.807) is 0 Å². The molecule has 0 N–H and O–H groups in total. The predicted octanol–water partition coefficient (Wildman–Crippen LogP) is 0.128. The number of hydroxylamine groups is 2. The molecule has 1 aliphatic heterocycles. The Morgan fingerprint density at radius 1 is 1.82 bits per heavy atom. The maximum Gasteiger partial charge on any atom is 0.248 e. The standard InChI is InChI=1S/C7H11NO3/c1-6-5-7(10)8(11-6)3-2-4-9/h4,6H,2-3,5H2,1H3. The van der Waals surface area contributed by atoms with Crippen LogP contribution in [-0.2, 0) is 14.4 Å². The highest BCUT2D eigenvalue weighted by Gasteiger charge is 2.26. The van der Waals surface area contributed by atoms with Gasteiger partial charge in [-0.25, -0.2) is 5.06 Å². The van der Waals surface area contributed by atoms with E-state index in [0.717, 1.165) is 6.29 Å². The van der Waals surface area contributed by atoms with Gasteiger partial charge in [0.15, 0.2) is 0 Å². The fourth-order valence-corrected chi connectivity index (χ4v) is 1.01. The number of carbonyl (C=O) groups is 2. The molecule has 1 atom stereocenters. The summed E-state index contributed by atoms with van der Waals surface area (Å²) >= 11 is 0. The highest BCUT2D eigenvalue weighted by molar-refractivity contribution is 5.77. The molecule has 0 spiro atoms. The average molecular weight is 157 g/mol. The molecule has 1 rings (SSSR count). The van der Waals surface area contributed by atoms with Crippen molar-refractivity contribution < 1.29 is 14.4 Å². The highest BCUT2D eigenvalue weighted by atomic mass is 16.7. The van der Waals surface area contributed by atoms with Crippen LogP contribution in [0.3, 0.4) is 0 Å². The molecule has 0 bridgehead atoms. The van der Waals surface area contributed by atoms with E-state index in [1.807, 2.05) is 6.92 Å². The van der Waals surface area contributed by atoms with Crippen LogP contribution in [-0.4, -0.2) is 29.9 Å². The van der Waals surface area contributed by atoms with Crippen molar-refractivity contribution in [2.75, 3.05) is 6.54 Å². The molecule has 1 fully saturated rings. The molecule has 1 unspecified atom stereocenters. The van der Waals surface area contributed by atoms with E-state index in [4.69, 9.17) is 4.84 Å². The number of amides is 1. The lowest BCUT2D eigenvalue weighted by Gasteiger charge is -2.12. The third-order valence-corrected chi connectivity index (χ3v) is 1.50. The lowest BCUT2D eigenvalue weighted by molar-refractivity contribution is -0.171. The van der Waals surface area contributed by atoms with Gasteiger partial charge in [0.1, 0.15) is 6.29 Å². The average Bonchev–Trinajstić information content (AvgIpc) is 2.26. The van der Waals surface area contributed by atoms with E-state index in [2.05, 4.69) is 0 Å². The molecular formula is C7H11NO3. The SMILES string of the molecule is CC1CC(=O)N(CCC=O)O1. The second-order valence-electron chi connectivity index (χ2n) is 2.57. The number of rotatable bonds is 3. The Morgan fingerprint density at radius 3 is 3.00 bits per heavy atom. The zero-order valence-electron chi connectivity index (χ0n) is 6.45. The van der Waals surface area contributed by atoms with E-state index in [0.29, 0.717) is 19.4 Å². The Balaban J connectivity index is 2.34. The van der Waals surface area contributed by atoms with Crippen molar-refractivity contribution in [3.63, 3.8) is 0 Å². The maximum atomic E-state index is 11.0. The molecule has 62 valence electrons. The third kappa shape index (κ3) is 2.01. The van der Waals surface area contributed by atoms with E-state index >= 15 is 0 Å². The van der Waals surface area contributed by atoms with Crippen molar-refractivity contribution >= 4 is 12.2 Å². The first-order valence-electron chi connectivity index (χ1n) is 3.65. The first-order chi connectivity index (χ1) is 5.24. The molecule has 1 saturated heterocycles. The van der Waals surface area contributed by atoms with Crippen LogP contribution >= 0.6 is 0 Å². The Labute approximate surface area is 65.1 Å². The molecule has 0 radical (unpaired) electrons. The van der Waals surface area contributed by atoms with Gasteiger partial charge in [-0.05, 0) is 6.92 Å². The largest absolute Gasteiger partial charge is 0.303 e. The Morgan fingerprint density at radius 2 is 2.55 bits per heavy atom. The molecule has 0 saturated carbocycles. The van der Waals surface area contributed by atoms with Crippen LogP contribution < -0.4 is 0 Å². The van der Waals surface area contributed by atoms with Crippen LogP contribution in [0.5, 0.6) is 0 Å². The lowest BCUT2D eigenvalue weighted by Crippen LogP contribution is -2.24. The summed E-state index contributed by atoms with van der Waals surface area (Å²) < 4.78 is 0. The third-order valence-electron chi connectivity index (χ3n) is 1.50. The number of hydrogen-bond donors (Lipinski definition) is 0. The maximum absolute atomic E-state index is 11.0. The molecule has 1 amide bonds. The van der Waals surface area contributed by atoms with Gasteiger partial charge in [0.05, 0.1) is 19.1 Å². The summed E-state index contributed by atoms with van der Waals surface area (Å²) in [6, 6.07) is 0. The predicted molar refractivity (Wildman–Crippen MR) is 37.6 cm³/mol. The summed E-state index contributed by atoms with van der Waals surface area (Å²) in [5.41, 5.74) is 0. The molecule has 1 heterocycles. The quantitative estimate of drug-likeness (QED) is 0.547. The molecule has 0 aromatic heterocycles. The Hall–Kier alpha value is -0.900. The molecule has 11 heavy (non-hydrogen) atoms. The van der Waals surface area contributed by atoms with Crippen LogP contribution in [0.1, 0.15) is 19.8 Å². The van der Waals surface area contributed by atoms with Crippen LogP contribution in [0.4, 0.5) is 0 Å². The fourth-order valence-electron chi connectivity index (χ4n) is 1.01. The van der Waals surface area contributed by atoms with E-state index in [1.165, 1.54) is 5.06 Å². The lowest BCUT2D eigenvalue weighted by atomic mass is 10.3. The van der Waals surface area contributed by atoms with Crippen molar-refractivity contribution in [2.24, 2.45) is 0 Å². The van der Waals surface area contributed by atoms with Gasteiger partial charge in [0.25, 0.3) is 0 Å². The van der Waals surface area contributed by atoms with Gasteiger partial charge in [0, 0.05) is 6.42 Å². The van der Waals surface area contributed by atoms with Crippen molar-refractivity contribution in [1.82, 2.24) is 5.06 Å². The van der Waals surface area contributed by atoms with Crippen LogP contribution in [0.15, 0.2) is 0 Å². The Kier molecular flexibility index (Phi) is 2.59. The monoisotopic (exact) mass is 157 g/mol. The molecule has 1 aliphatic rings. The zero-order chi connectivity index (χ0) is 8.27. The van der Waals surface area contributed by atoms with Gasteiger partial charge in [-0.15, -0.1) is 0 Å². The first-order valence-corrected chi connectivity index (χ1v) is 3.65. The summed E-state index contributed by atoms with van der Waals surface area (Å²) in [7, 11) is 0. The number of hydrogen-bond acceptors (Lipinski definition) is 3. The van der Waals surface area contributed by atoms with Crippen LogP contribution in [0.25, 0.3) is 0 Å². The minimum absolute atomic E-state index is 0.0284. The second kappa shape index (κ2) is 3.48. The smallest absolute Gasteiger partial charge is 0.248 e. The van der Waals surface area contributed by atoms with Crippen molar-refractivity contribution in [3.05, 3.63) is 0 Å². The highest BCUT2D eigenvalue weighted by Crippen LogP contribution is 2.13. The summed E-state index contributed by atoms with van der Waals surface area (Å²) in [6.07, 6.45) is 1.52. The minimum atomic E-state index is -0.0332. The van der Waals surface area contributed by atoms with E-state index < -0.39 is 0 Å². The molecule has 0 aliphatic carbocycles. The first kappa shape index (κ1) is 8.20. The number of carbonyl (C=O) groups excluding carboxylic acids is 2. The number of nitrogens with zero attached hydrogens (tertiary/aromatic N) is 1.